The first-order valence-corrected chi connectivity index (χ1v) is 10.4. The molecule has 2 nitrogen and oxygen atoms in total. The minimum atomic E-state index is 0.435. The van der Waals surface area contributed by atoms with Crippen LogP contribution in [0.15, 0.2) is 60.8 Å². The zero-order valence-corrected chi connectivity index (χ0v) is 17.7. The monoisotopic (exact) mass is 378 g/mol. The van der Waals surface area contributed by atoms with Crippen LogP contribution in [0.25, 0.3) is 38.6 Å². The van der Waals surface area contributed by atoms with E-state index < -0.39 is 0 Å². The second kappa shape index (κ2) is 6.45. The molecule has 5 aromatic rings. The molecule has 0 radical (unpaired) electrons. The molecule has 5 rings (SSSR count). The maximum atomic E-state index is 4.98. The van der Waals surface area contributed by atoms with Gasteiger partial charge in [-0.15, -0.1) is 0 Å². The van der Waals surface area contributed by atoms with Gasteiger partial charge in [0.25, 0.3) is 0 Å². The first-order chi connectivity index (χ1) is 14.0. The highest BCUT2D eigenvalue weighted by Gasteiger charge is 2.19. The number of benzene rings is 3. The normalized spacial score (nSPS) is 11.9. The Hall–Kier alpha value is -3.13. The summed E-state index contributed by atoms with van der Waals surface area (Å²) in [7, 11) is 0. The molecule has 0 amide bonds. The van der Waals surface area contributed by atoms with Crippen molar-refractivity contribution < 1.29 is 0 Å². The quantitative estimate of drug-likeness (QED) is 0.293. The summed E-state index contributed by atoms with van der Waals surface area (Å²) in [5.41, 5.74) is 9.92. The van der Waals surface area contributed by atoms with Crippen LogP contribution >= 0.6 is 0 Å². The first-order valence-electron chi connectivity index (χ1n) is 10.4. The van der Waals surface area contributed by atoms with Crippen molar-refractivity contribution in [1.29, 1.82) is 0 Å². The summed E-state index contributed by atoms with van der Waals surface area (Å²) in [6.07, 6.45) is 2.06. The van der Waals surface area contributed by atoms with Gasteiger partial charge < -0.3 is 0 Å². The standard InChI is InChI=1S/C27H26N2/c1-16(2)20-10-7-11-21-22-14-17(3)12-13-23(22)29-24(15-28-27(29)26(20)21)25-18(4)8-6-9-19(25)5/h6-16H,1-5H3. The van der Waals surface area contributed by atoms with Gasteiger partial charge in [0, 0.05) is 16.3 Å². The third-order valence-electron chi connectivity index (χ3n) is 6.12. The van der Waals surface area contributed by atoms with Crippen LogP contribution in [0.2, 0.25) is 0 Å². The summed E-state index contributed by atoms with van der Waals surface area (Å²) < 4.78 is 2.37. The smallest absolute Gasteiger partial charge is 0.145 e. The van der Waals surface area contributed by atoms with E-state index in [0.29, 0.717) is 5.92 Å². The molecule has 0 atom stereocenters. The van der Waals surface area contributed by atoms with E-state index in [9.17, 15) is 0 Å². The molecule has 0 saturated heterocycles. The molecule has 0 saturated carbocycles. The Morgan fingerprint density at radius 3 is 2.28 bits per heavy atom. The molecular weight excluding hydrogens is 352 g/mol. The van der Waals surface area contributed by atoms with Crippen molar-refractivity contribution in [3.05, 3.63) is 83.0 Å². The lowest BCUT2D eigenvalue weighted by Gasteiger charge is -2.17. The molecule has 0 aliphatic carbocycles. The van der Waals surface area contributed by atoms with Gasteiger partial charge in [-0.05, 0) is 60.9 Å². The van der Waals surface area contributed by atoms with E-state index >= 15 is 0 Å². The van der Waals surface area contributed by atoms with Crippen LogP contribution in [0.4, 0.5) is 0 Å². The molecular formula is C27H26N2. The van der Waals surface area contributed by atoms with Crippen LogP contribution in [0.1, 0.15) is 42.0 Å². The Morgan fingerprint density at radius 2 is 1.55 bits per heavy atom. The fourth-order valence-corrected chi connectivity index (χ4v) is 4.75. The zero-order chi connectivity index (χ0) is 20.3. The van der Waals surface area contributed by atoms with Crippen molar-refractivity contribution >= 4 is 27.3 Å². The minimum Gasteiger partial charge on any atom is -0.292 e. The summed E-state index contributed by atoms with van der Waals surface area (Å²) in [4.78, 5) is 4.98. The average molecular weight is 379 g/mol. The van der Waals surface area contributed by atoms with Crippen molar-refractivity contribution in [2.75, 3.05) is 0 Å². The zero-order valence-electron chi connectivity index (χ0n) is 17.7. The summed E-state index contributed by atoms with van der Waals surface area (Å²) in [6, 6.07) is 20.0. The summed E-state index contributed by atoms with van der Waals surface area (Å²) in [5, 5.41) is 3.86. The van der Waals surface area contributed by atoms with Crippen molar-refractivity contribution in [2.24, 2.45) is 0 Å². The molecule has 0 unspecified atom stereocenters. The van der Waals surface area contributed by atoms with Gasteiger partial charge in [0.15, 0.2) is 0 Å². The molecule has 0 aliphatic heterocycles. The number of rotatable bonds is 2. The van der Waals surface area contributed by atoms with Crippen LogP contribution in [-0.4, -0.2) is 9.38 Å². The summed E-state index contributed by atoms with van der Waals surface area (Å²) in [5.74, 6) is 0.435. The fourth-order valence-electron chi connectivity index (χ4n) is 4.75. The number of nitrogens with zero attached hydrogens (tertiary/aromatic N) is 2. The van der Waals surface area contributed by atoms with E-state index in [1.54, 1.807) is 0 Å². The van der Waals surface area contributed by atoms with E-state index in [0.717, 1.165) is 5.65 Å². The SMILES string of the molecule is Cc1ccc2c(c1)c1cccc(C(C)C)c1c1ncc(-c3c(C)cccc3C)n21. The van der Waals surface area contributed by atoms with Gasteiger partial charge in [0.05, 0.1) is 17.4 Å². The maximum absolute atomic E-state index is 4.98. The Labute approximate surface area is 171 Å². The predicted molar refractivity (Wildman–Crippen MR) is 124 cm³/mol. The molecule has 0 fully saturated rings. The Bertz CT molecular complexity index is 1380. The lowest BCUT2D eigenvalue weighted by molar-refractivity contribution is 0.876. The van der Waals surface area contributed by atoms with E-state index in [1.807, 2.05) is 0 Å². The first kappa shape index (κ1) is 17.9. The van der Waals surface area contributed by atoms with Gasteiger partial charge in [-0.25, -0.2) is 4.98 Å². The Balaban J connectivity index is 2.07. The Morgan fingerprint density at radius 1 is 0.828 bits per heavy atom. The third-order valence-corrected chi connectivity index (χ3v) is 6.12. The van der Waals surface area contributed by atoms with Crippen molar-refractivity contribution in [1.82, 2.24) is 9.38 Å². The molecule has 2 heterocycles. The van der Waals surface area contributed by atoms with Gasteiger partial charge in [0.1, 0.15) is 5.65 Å². The lowest BCUT2D eigenvalue weighted by atomic mass is 9.94. The maximum Gasteiger partial charge on any atom is 0.145 e. The lowest BCUT2D eigenvalue weighted by Crippen LogP contribution is -1.99. The van der Waals surface area contributed by atoms with E-state index in [1.165, 1.54) is 55.2 Å². The fraction of sp³-hybridized carbons (Fsp3) is 0.222. The molecule has 0 spiro atoms. The third kappa shape index (κ3) is 2.59. The van der Waals surface area contributed by atoms with Crippen LogP contribution in [0.3, 0.4) is 0 Å². The number of aromatic nitrogens is 2. The summed E-state index contributed by atoms with van der Waals surface area (Å²) >= 11 is 0. The van der Waals surface area contributed by atoms with Crippen molar-refractivity contribution in [2.45, 2.75) is 40.5 Å². The molecule has 3 aromatic carbocycles. The number of imidazole rings is 1. The second-order valence-electron chi connectivity index (χ2n) is 8.51. The predicted octanol–water partition coefficient (Wildman–Crippen LogP) is 7.36. The number of pyridine rings is 1. The molecule has 144 valence electrons. The highest BCUT2D eigenvalue weighted by Crippen LogP contribution is 2.38. The molecule has 29 heavy (non-hydrogen) atoms. The highest BCUT2D eigenvalue weighted by atomic mass is 15.0. The molecule has 0 N–H and O–H groups in total. The summed E-state index contributed by atoms with van der Waals surface area (Å²) in [6.45, 7) is 11.1. The largest absolute Gasteiger partial charge is 0.292 e. The van der Waals surface area contributed by atoms with Crippen LogP contribution in [-0.2, 0) is 0 Å². The van der Waals surface area contributed by atoms with E-state index in [2.05, 4.69) is 99.8 Å². The van der Waals surface area contributed by atoms with E-state index in [4.69, 9.17) is 4.98 Å². The van der Waals surface area contributed by atoms with Crippen molar-refractivity contribution in [3.63, 3.8) is 0 Å². The second-order valence-corrected chi connectivity index (χ2v) is 8.51. The molecule has 0 aliphatic rings. The van der Waals surface area contributed by atoms with Crippen LogP contribution in [0, 0.1) is 20.8 Å². The molecule has 2 aromatic heterocycles. The minimum absolute atomic E-state index is 0.435. The van der Waals surface area contributed by atoms with Crippen molar-refractivity contribution in [3.8, 4) is 11.3 Å². The van der Waals surface area contributed by atoms with Gasteiger partial charge in [-0.1, -0.05) is 61.9 Å². The number of hydrogen-bond donors (Lipinski definition) is 0. The molecule has 2 heteroatoms. The van der Waals surface area contributed by atoms with Crippen LogP contribution in [0.5, 0.6) is 0 Å². The van der Waals surface area contributed by atoms with E-state index in [-0.39, 0.29) is 0 Å². The number of hydrogen-bond acceptors (Lipinski definition) is 1. The van der Waals surface area contributed by atoms with Gasteiger partial charge in [-0.2, -0.15) is 0 Å². The molecule has 0 bridgehead atoms. The van der Waals surface area contributed by atoms with Crippen LogP contribution < -0.4 is 0 Å². The van der Waals surface area contributed by atoms with Gasteiger partial charge in [-0.3, -0.25) is 4.40 Å². The number of aryl methyl sites for hydroxylation is 3. The highest BCUT2D eigenvalue weighted by molar-refractivity contribution is 6.14. The van der Waals surface area contributed by atoms with Gasteiger partial charge >= 0.3 is 0 Å². The average Bonchev–Trinajstić information content (AvgIpc) is 3.12. The van der Waals surface area contributed by atoms with Gasteiger partial charge in [0.2, 0.25) is 0 Å². The Kier molecular flexibility index (Phi) is 3.99. The topological polar surface area (TPSA) is 17.3 Å². The number of fused-ring (bicyclic) bond motifs is 6.